The van der Waals surface area contributed by atoms with Crippen LogP contribution >= 0.6 is 15.9 Å². The second kappa shape index (κ2) is 5.41. The first kappa shape index (κ1) is 15.1. The lowest BCUT2D eigenvalue weighted by Crippen LogP contribution is -2.53. The minimum Gasteiger partial charge on any atom is -0.388 e. The third-order valence-electron chi connectivity index (χ3n) is 5.56. The number of aryl methyl sites for hydroxylation is 1. The van der Waals surface area contributed by atoms with Gasteiger partial charge in [0.15, 0.2) is 0 Å². The van der Waals surface area contributed by atoms with E-state index >= 15 is 0 Å². The van der Waals surface area contributed by atoms with E-state index in [9.17, 15) is 10.4 Å². The molecule has 3 unspecified atom stereocenters. The molecule has 1 aromatic carbocycles. The van der Waals surface area contributed by atoms with E-state index in [2.05, 4.69) is 41.1 Å². The van der Waals surface area contributed by atoms with Crippen molar-refractivity contribution < 1.29 is 5.11 Å². The summed E-state index contributed by atoms with van der Waals surface area (Å²) in [5.41, 5.74) is 1.10. The molecule has 0 bridgehead atoms. The Morgan fingerprint density at radius 3 is 2.86 bits per heavy atom. The lowest BCUT2D eigenvalue weighted by atomic mass is 9.57. The molecule has 3 atom stereocenters. The Balaban J connectivity index is 1.94. The highest BCUT2D eigenvalue weighted by atomic mass is 79.9. The molecular weight excluding hydrogens is 326 g/mol. The van der Waals surface area contributed by atoms with Crippen molar-refractivity contribution in [3.8, 4) is 6.07 Å². The van der Waals surface area contributed by atoms with Gasteiger partial charge in [-0.25, -0.2) is 0 Å². The van der Waals surface area contributed by atoms with Crippen LogP contribution in [0.15, 0.2) is 22.7 Å². The van der Waals surface area contributed by atoms with Gasteiger partial charge in [-0.15, -0.1) is 0 Å². The van der Waals surface area contributed by atoms with Crippen molar-refractivity contribution in [1.29, 1.82) is 5.26 Å². The zero-order chi connectivity index (χ0) is 15.1. The van der Waals surface area contributed by atoms with Crippen molar-refractivity contribution in [2.45, 2.75) is 57.5 Å². The summed E-state index contributed by atoms with van der Waals surface area (Å²) in [6.07, 6.45) is 6.12. The van der Waals surface area contributed by atoms with Crippen molar-refractivity contribution >= 4 is 15.9 Å². The van der Waals surface area contributed by atoms with Crippen LogP contribution in [0.2, 0.25) is 0 Å². The predicted octanol–water partition coefficient (Wildman–Crippen LogP) is 4.39. The molecule has 0 heterocycles. The van der Waals surface area contributed by atoms with E-state index < -0.39 is 11.0 Å². The quantitative estimate of drug-likeness (QED) is 0.818. The topological polar surface area (TPSA) is 44.0 Å². The summed E-state index contributed by atoms with van der Waals surface area (Å²) in [6.45, 7) is 2.21. The van der Waals surface area contributed by atoms with Crippen LogP contribution in [0.5, 0.6) is 0 Å². The van der Waals surface area contributed by atoms with Gasteiger partial charge in [-0.2, -0.15) is 5.26 Å². The van der Waals surface area contributed by atoms with Gasteiger partial charge in [-0.3, -0.25) is 0 Å². The summed E-state index contributed by atoms with van der Waals surface area (Å²) in [5, 5.41) is 21.2. The highest BCUT2D eigenvalue weighted by molar-refractivity contribution is 9.10. The van der Waals surface area contributed by atoms with Gasteiger partial charge in [-0.1, -0.05) is 41.8 Å². The number of rotatable bonds is 1. The number of hydrogen-bond donors (Lipinski definition) is 1. The normalized spacial score (nSPS) is 35.8. The SMILES string of the molecule is CC1CCCC(C#N)(C2(O)CCc3cc(Br)ccc3C2)C1. The van der Waals surface area contributed by atoms with E-state index in [-0.39, 0.29) is 0 Å². The summed E-state index contributed by atoms with van der Waals surface area (Å²) in [6, 6.07) is 8.82. The molecule has 1 saturated carbocycles. The fraction of sp³-hybridized carbons (Fsp3) is 0.611. The predicted molar refractivity (Wildman–Crippen MR) is 86.8 cm³/mol. The molecule has 2 nitrogen and oxygen atoms in total. The second-order valence-electron chi connectivity index (χ2n) is 7.02. The molecule has 3 rings (SSSR count). The summed E-state index contributed by atoms with van der Waals surface area (Å²) in [7, 11) is 0. The second-order valence-corrected chi connectivity index (χ2v) is 7.93. The molecular formula is C18H22BrNO. The fourth-order valence-corrected chi connectivity index (χ4v) is 4.74. The van der Waals surface area contributed by atoms with Crippen LogP contribution in [0.4, 0.5) is 0 Å². The van der Waals surface area contributed by atoms with E-state index in [0.29, 0.717) is 18.8 Å². The Bertz CT molecular complexity index is 593. The van der Waals surface area contributed by atoms with Crippen LogP contribution in [0.3, 0.4) is 0 Å². The highest BCUT2D eigenvalue weighted by Crippen LogP contribution is 2.51. The molecule has 0 spiro atoms. The zero-order valence-electron chi connectivity index (χ0n) is 12.5. The van der Waals surface area contributed by atoms with E-state index in [1.54, 1.807) is 0 Å². The molecule has 21 heavy (non-hydrogen) atoms. The van der Waals surface area contributed by atoms with Gasteiger partial charge in [-0.05, 0) is 54.9 Å². The molecule has 2 aliphatic rings. The van der Waals surface area contributed by atoms with Crippen LogP contribution in [0, 0.1) is 22.7 Å². The van der Waals surface area contributed by atoms with E-state index in [1.165, 1.54) is 17.5 Å². The molecule has 0 aromatic heterocycles. The molecule has 112 valence electrons. The van der Waals surface area contributed by atoms with Crippen molar-refractivity contribution in [2.75, 3.05) is 0 Å². The van der Waals surface area contributed by atoms with Crippen LogP contribution in [0.25, 0.3) is 0 Å². The molecule has 1 aromatic rings. The van der Waals surface area contributed by atoms with Crippen molar-refractivity contribution in [1.82, 2.24) is 0 Å². The third-order valence-corrected chi connectivity index (χ3v) is 6.05. The van der Waals surface area contributed by atoms with Crippen LogP contribution in [-0.4, -0.2) is 10.7 Å². The smallest absolute Gasteiger partial charge is 0.0876 e. The first-order chi connectivity index (χ1) is 9.98. The lowest BCUT2D eigenvalue weighted by molar-refractivity contribution is -0.0894. The Kier molecular flexibility index (Phi) is 3.88. The number of nitrogens with zero attached hydrogens (tertiary/aromatic N) is 1. The lowest BCUT2D eigenvalue weighted by Gasteiger charge is -2.48. The number of fused-ring (bicyclic) bond motifs is 1. The maximum absolute atomic E-state index is 11.3. The van der Waals surface area contributed by atoms with Gasteiger partial charge in [0, 0.05) is 10.9 Å². The minimum absolute atomic E-state index is 0.536. The van der Waals surface area contributed by atoms with Crippen molar-refractivity contribution in [3.63, 3.8) is 0 Å². The average Bonchev–Trinajstić information content (AvgIpc) is 2.47. The first-order valence-electron chi connectivity index (χ1n) is 7.89. The Labute approximate surface area is 135 Å². The van der Waals surface area contributed by atoms with E-state index in [0.717, 1.165) is 30.2 Å². The molecule has 1 N–H and O–H groups in total. The number of halogens is 1. The zero-order valence-corrected chi connectivity index (χ0v) is 14.1. The highest BCUT2D eigenvalue weighted by Gasteiger charge is 2.53. The standard InChI is InChI=1S/C18H22BrNO/c1-13-3-2-7-17(10-13,12-20)18(21)8-6-14-9-16(19)5-4-15(14)11-18/h4-5,9,13,21H,2-3,6-8,10-11H2,1H3. The molecule has 0 aliphatic heterocycles. The summed E-state index contributed by atoms with van der Waals surface area (Å²) >= 11 is 3.51. The van der Waals surface area contributed by atoms with Crippen molar-refractivity contribution in [2.24, 2.45) is 11.3 Å². The summed E-state index contributed by atoms with van der Waals surface area (Å²) in [4.78, 5) is 0. The van der Waals surface area contributed by atoms with Crippen LogP contribution < -0.4 is 0 Å². The average molecular weight is 348 g/mol. The monoisotopic (exact) mass is 347 g/mol. The molecule has 3 heteroatoms. The minimum atomic E-state index is -0.864. The van der Waals surface area contributed by atoms with Crippen molar-refractivity contribution in [3.05, 3.63) is 33.8 Å². The van der Waals surface area contributed by atoms with Crippen LogP contribution in [0.1, 0.15) is 50.2 Å². The molecule has 1 fully saturated rings. The van der Waals surface area contributed by atoms with Gasteiger partial charge >= 0.3 is 0 Å². The molecule has 0 amide bonds. The van der Waals surface area contributed by atoms with Gasteiger partial charge in [0.2, 0.25) is 0 Å². The number of benzene rings is 1. The summed E-state index contributed by atoms with van der Waals surface area (Å²) in [5.74, 6) is 0.536. The van der Waals surface area contributed by atoms with Gasteiger partial charge in [0.05, 0.1) is 17.1 Å². The van der Waals surface area contributed by atoms with Gasteiger partial charge < -0.3 is 5.11 Å². The Morgan fingerprint density at radius 1 is 1.33 bits per heavy atom. The number of aliphatic hydroxyl groups is 1. The Hall–Kier alpha value is -0.850. The van der Waals surface area contributed by atoms with Gasteiger partial charge in [0.1, 0.15) is 0 Å². The number of nitriles is 1. The van der Waals surface area contributed by atoms with Crippen LogP contribution in [-0.2, 0) is 12.8 Å². The first-order valence-corrected chi connectivity index (χ1v) is 8.68. The molecule has 0 radical (unpaired) electrons. The maximum atomic E-state index is 11.3. The largest absolute Gasteiger partial charge is 0.388 e. The molecule has 2 aliphatic carbocycles. The molecule has 0 saturated heterocycles. The number of hydrogen-bond acceptors (Lipinski definition) is 2. The Morgan fingerprint density at radius 2 is 2.14 bits per heavy atom. The van der Waals surface area contributed by atoms with Gasteiger partial charge in [0.25, 0.3) is 0 Å². The maximum Gasteiger partial charge on any atom is 0.0876 e. The van der Waals surface area contributed by atoms with E-state index in [4.69, 9.17) is 0 Å². The fourth-order valence-electron chi connectivity index (χ4n) is 4.33. The third kappa shape index (κ3) is 2.53. The summed E-state index contributed by atoms with van der Waals surface area (Å²) < 4.78 is 1.09. The van der Waals surface area contributed by atoms with E-state index in [1.807, 2.05) is 6.07 Å².